The topological polar surface area (TPSA) is 51.4 Å². The highest BCUT2D eigenvalue weighted by molar-refractivity contribution is 5.15. The van der Waals surface area contributed by atoms with Gasteiger partial charge in [0.1, 0.15) is 0 Å². The Balaban J connectivity index is 2.00. The third-order valence-electron chi connectivity index (χ3n) is 4.15. The van der Waals surface area contributed by atoms with E-state index >= 15 is 0 Å². The normalized spacial score (nSPS) is 24.4. The predicted molar refractivity (Wildman–Crippen MR) is 77.1 cm³/mol. The van der Waals surface area contributed by atoms with Crippen LogP contribution < -0.4 is 10.5 Å². The van der Waals surface area contributed by atoms with Crippen molar-refractivity contribution >= 4 is 0 Å². The highest BCUT2D eigenvalue weighted by Gasteiger charge is 2.26. The smallest absolute Gasteiger partial charge is 0.213 e. The second-order valence-corrected chi connectivity index (χ2v) is 5.33. The van der Waals surface area contributed by atoms with Crippen molar-refractivity contribution in [1.29, 1.82) is 0 Å². The van der Waals surface area contributed by atoms with Gasteiger partial charge in [-0.15, -0.1) is 0 Å². The van der Waals surface area contributed by atoms with E-state index in [4.69, 9.17) is 10.5 Å². The van der Waals surface area contributed by atoms with Gasteiger partial charge in [-0.05, 0) is 31.4 Å². The Morgan fingerprint density at radius 3 is 3.00 bits per heavy atom. The van der Waals surface area contributed by atoms with Crippen molar-refractivity contribution in [2.24, 2.45) is 11.7 Å². The standard InChI is InChI=1S/C15H25N3O/c1-3-12-7-8-18(14(9-12)10-16)11-13-5-4-6-15(17-13)19-2/h4-6,12,14H,3,7-11,16H2,1-2H3. The molecule has 4 nitrogen and oxygen atoms in total. The number of nitrogens with zero attached hydrogens (tertiary/aromatic N) is 2. The van der Waals surface area contributed by atoms with Crippen LogP contribution in [0.5, 0.6) is 5.88 Å². The number of methoxy groups -OCH3 is 1. The molecule has 106 valence electrons. The number of hydrogen-bond donors (Lipinski definition) is 1. The molecule has 0 spiro atoms. The largest absolute Gasteiger partial charge is 0.481 e. The molecule has 0 radical (unpaired) electrons. The lowest BCUT2D eigenvalue weighted by Crippen LogP contribution is -2.46. The number of aromatic nitrogens is 1. The Kier molecular flexibility index (Phi) is 5.16. The van der Waals surface area contributed by atoms with Gasteiger partial charge < -0.3 is 10.5 Å². The van der Waals surface area contributed by atoms with Crippen LogP contribution in [-0.2, 0) is 6.54 Å². The van der Waals surface area contributed by atoms with Gasteiger partial charge >= 0.3 is 0 Å². The summed E-state index contributed by atoms with van der Waals surface area (Å²) in [6, 6.07) is 6.43. The fourth-order valence-electron chi connectivity index (χ4n) is 2.87. The molecule has 2 unspecified atom stereocenters. The van der Waals surface area contributed by atoms with Crippen molar-refractivity contribution in [1.82, 2.24) is 9.88 Å². The molecule has 1 aromatic heterocycles. The fourth-order valence-corrected chi connectivity index (χ4v) is 2.87. The molecule has 2 atom stereocenters. The zero-order chi connectivity index (χ0) is 13.7. The zero-order valence-corrected chi connectivity index (χ0v) is 12.0. The molecule has 0 aromatic carbocycles. The van der Waals surface area contributed by atoms with E-state index in [9.17, 15) is 0 Å². The second-order valence-electron chi connectivity index (χ2n) is 5.33. The first-order valence-corrected chi connectivity index (χ1v) is 7.20. The maximum atomic E-state index is 5.93. The number of hydrogen-bond acceptors (Lipinski definition) is 4. The van der Waals surface area contributed by atoms with E-state index in [1.54, 1.807) is 7.11 Å². The quantitative estimate of drug-likeness (QED) is 0.883. The molecule has 0 amide bonds. The maximum absolute atomic E-state index is 5.93. The molecule has 1 fully saturated rings. The van der Waals surface area contributed by atoms with Crippen LogP contribution in [0.4, 0.5) is 0 Å². The number of piperidine rings is 1. The fraction of sp³-hybridized carbons (Fsp3) is 0.667. The molecule has 19 heavy (non-hydrogen) atoms. The predicted octanol–water partition coefficient (Wildman–Crippen LogP) is 2.04. The van der Waals surface area contributed by atoms with E-state index in [0.717, 1.165) is 31.2 Å². The maximum Gasteiger partial charge on any atom is 0.213 e. The van der Waals surface area contributed by atoms with Crippen molar-refractivity contribution in [3.05, 3.63) is 23.9 Å². The number of nitrogens with two attached hydrogens (primary N) is 1. The van der Waals surface area contributed by atoms with Crippen LogP contribution in [0.1, 0.15) is 31.9 Å². The summed E-state index contributed by atoms with van der Waals surface area (Å²) in [4.78, 5) is 6.95. The lowest BCUT2D eigenvalue weighted by Gasteiger charge is -2.38. The Morgan fingerprint density at radius 1 is 1.47 bits per heavy atom. The molecule has 2 rings (SSSR count). The number of ether oxygens (including phenoxy) is 1. The highest BCUT2D eigenvalue weighted by atomic mass is 16.5. The van der Waals surface area contributed by atoms with Gasteiger partial charge in [0.25, 0.3) is 0 Å². The number of likely N-dealkylation sites (tertiary alicyclic amines) is 1. The molecule has 1 saturated heterocycles. The SMILES string of the molecule is CCC1CCN(Cc2cccc(OC)n2)C(CN)C1. The zero-order valence-electron chi connectivity index (χ0n) is 12.0. The summed E-state index contributed by atoms with van der Waals surface area (Å²) in [5.41, 5.74) is 7.00. The van der Waals surface area contributed by atoms with Crippen LogP contribution in [0.15, 0.2) is 18.2 Å². The van der Waals surface area contributed by atoms with Gasteiger partial charge in [0, 0.05) is 25.2 Å². The third-order valence-corrected chi connectivity index (χ3v) is 4.15. The van der Waals surface area contributed by atoms with E-state index in [1.807, 2.05) is 12.1 Å². The first kappa shape index (κ1) is 14.3. The van der Waals surface area contributed by atoms with E-state index in [2.05, 4.69) is 22.9 Å². The summed E-state index contributed by atoms with van der Waals surface area (Å²) < 4.78 is 5.18. The molecule has 2 heterocycles. The van der Waals surface area contributed by atoms with Gasteiger partial charge in [-0.3, -0.25) is 4.90 Å². The van der Waals surface area contributed by atoms with Crippen LogP contribution >= 0.6 is 0 Å². The molecule has 0 aliphatic carbocycles. The lowest BCUT2D eigenvalue weighted by atomic mass is 9.89. The first-order valence-electron chi connectivity index (χ1n) is 7.20. The minimum Gasteiger partial charge on any atom is -0.481 e. The van der Waals surface area contributed by atoms with Gasteiger partial charge in [0.2, 0.25) is 5.88 Å². The van der Waals surface area contributed by atoms with Crippen LogP contribution in [0.25, 0.3) is 0 Å². The summed E-state index contributed by atoms with van der Waals surface area (Å²) in [5.74, 6) is 1.52. The molecular formula is C15H25N3O. The Morgan fingerprint density at radius 2 is 2.32 bits per heavy atom. The van der Waals surface area contributed by atoms with Crippen molar-refractivity contribution < 1.29 is 4.74 Å². The molecular weight excluding hydrogens is 238 g/mol. The molecule has 1 aromatic rings. The Bertz CT molecular complexity index is 397. The summed E-state index contributed by atoms with van der Waals surface area (Å²) in [6.45, 7) is 5.01. The van der Waals surface area contributed by atoms with E-state index in [1.165, 1.54) is 19.3 Å². The average molecular weight is 263 g/mol. The Labute approximate surface area is 116 Å². The van der Waals surface area contributed by atoms with Crippen molar-refractivity contribution in [3.8, 4) is 5.88 Å². The van der Waals surface area contributed by atoms with Crippen LogP contribution in [-0.4, -0.2) is 36.1 Å². The number of rotatable bonds is 5. The minimum absolute atomic E-state index is 0.492. The third kappa shape index (κ3) is 3.67. The molecule has 0 saturated carbocycles. The van der Waals surface area contributed by atoms with Crippen LogP contribution in [0, 0.1) is 5.92 Å². The first-order chi connectivity index (χ1) is 9.26. The molecule has 4 heteroatoms. The van der Waals surface area contributed by atoms with Crippen molar-refractivity contribution in [2.75, 3.05) is 20.2 Å². The van der Waals surface area contributed by atoms with Gasteiger partial charge in [-0.1, -0.05) is 19.4 Å². The highest BCUT2D eigenvalue weighted by Crippen LogP contribution is 2.26. The van der Waals surface area contributed by atoms with Gasteiger partial charge in [-0.25, -0.2) is 4.98 Å². The minimum atomic E-state index is 0.492. The lowest BCUT2D eigenvalue weighted by molar-refractivity contribution is 0.106. The summed E-state index contributed by atoms with van der Waals surface area (Å²) in [6.07, 6.45) is 3.76. The van der Waals surface area contributed by atoms with E-state index in [-0.39, 0.29) is 0 Å². The van der Waals surface area contributed by atoms with Crippen molar-refractivity contribution in [3.63, 3.8) is 0 Å². The van der Waals surface area contributed by atoms with Crippen molar-refractivity contribution in [2.45, 2.75) is 38.8 Å². The number of pyridine rings is 1. The summed E-state index contributed by atoms with van der Waals surface area (Å²) >= 11 is 0. The van der Waals surface area contributed by atoms with E-state index in [0.29, 0.717) is 11.9 Å². The molecule has 1 aliphatic heterocycles. The molecule has 1 aliphatic rings. The van der Waals surface area contributed by atoms with Gasteiger partial charge in [-0.2, -0.15) is 0 Å². The Hall–Kier alpha value is -1.13. The van der Waals surface area contributed by atoms with Gasteiger partial charge in [0.05, 0.1) is 12.8 Å². The second kappa shape index (κ2) is 6.87. The average Bonchev–Trinajstić information content (AvgIpc) is 2.48. The molecule has 2 N–H and O–H groups in total. The summed E-state index contributed by atoms with van der Waals surface area (Å²) in [7, 11) is 1.65. The van der Waals surface area contributed by atoms with Gasteiger partial charge in [0.15, 0.2) is 0 Å². The van der Waals surface area contributed by atoms with Crippen LogP contribution in [0.3, 0.4) is 0 Å². The van der Waals surface area contributed by atoms with E-state index < -0.39 is 0 Å². The monoisotopic (exact) mass is 263 g/mol. The summed E-state index contributed by atoms with van der Waals surface area (Å²) in [5, 5.41) is 0. The van der Waals surface area contributed by atoms with Crippen LogP contribution in [0.2, 0.25) is 0 Å². The molecule has 0 bridgehead atoms.